The van der Waals surface area contributed by atoms with E-state index in [2.05, 4.69) is 0 Å². The molecule has 21 heavy (non-hydrogen) atoms. The Morgan fingerprint density at radius 3 is 2.62 bits per heavy atom. The van der Waals surface area contributed by atoms with E-state index in [1.165, 1.54) is 12.1 Å². The Labute approximate surface area is 122 Å². The SMILES string of the molecule is Cc1cc(C(=O)COc2ccc(C#N)cc2F)c(C)n1C. The fourth-order valence-electron chi connectivity index (χ4n) is 2.05. The molecule has 0 amide bonds. The molecule has 108 valence electrons. The zero-order chi connectivity index (χ0) is 15.6. The average molecular weight is 286 g/mol. The molecule has 5 heteroatoms. The van der Waals surface area contributed by atoms with Crippen molar-refractivity contribution < 1.29 is 13.9 Å². The Hall–Kier alpha value is -2.61. The van der Waals surface area contributed by atoms with Gasteiger partial charge in [0.05, 0.1) is 11.6 Å². The van der Waals surface area contributed by atoms with Crippen molar-refractivity contribution in [3.63, 3.8) is 0 Å². The van der Waals surface area contributed by atoms with Crippen LogP contribution in [0.15, 0.2) is 24.3 Å². The van der Waals surface area contributed by atoms with Gasteiger partial charge >= 0.3 is 0 Å². The molecule has 1 aromatic heterocycles. The lowest BCUT2D eigenvalue weighted by molar-refractivity contribution is 0.0918. The van der Waals surface area contributed by atoms with Crippen LogP contribution in [0.4, 0.5) is 4.39 Å². The molecule has 0 saturated heterocycles. The highest BCUT2D eigenvalue weighted by Crippen LogP contribution is 2.19. The fourth-order valence-corrected chi connectivity index (χ4v) is 2.05. The lowest BCUT2D eigenvalue weighted by Crippen LogP contribution is -2.13. The number of hydrogen-bond acceptors (Lipinski definition) is 3. The summed E-state index contributed by atoms with van der Waals surface area (Å²) in [6.45, 7) is 3.51. The minimum absolute atomic E-state index is 0.0346. The van der Waals surface area contributed by atoms with Crippen LogP contribution in [0.2, 0.25) is 0 Å². The maximum Gasteiger partial charge on any atom is 0.202 e. The van der Waals surface area contributed by atoms with Crippen molar-refractivity contribution in [2.24, 2.45) is 7.05 Å². The lowest BCUT2D eigenvalue weighted by Gasteiger charge is -2.07. The molecule has 0 aliphatic carbocycles. The molecule has 0 fully saturated rings. The smallest absolute Gasteiger partial charge is 0.202 e. The van der Waals surface area contributed by atoms with E-state index in [1.54, 1.807) is 6.07 Å². The highest BCUT2D eigenvalue weighted by Gasteiger charge is 2.15. The average Bonchev–Trinajstić information content (AvgIpc) is 2.73. The highest BCUT2D eigenvalue weighted by molar-refractivity contribution is 5.98. The Morgan fingerprint density at radius 2 is 2.10 bits per heavy atom. The van der Waals surface area contributed by atoms with Crippen molar-refractivity contribution >= 4 is 5.78 Å². The van der Waals surface area contributed by atoms with E-state index in [9.17, 15) is 9.18 Å². The van der Waals surface area contributed by atoms with Gasteiger partial charge in [-0.3, -0.25) is 4.79 Å². The van der Waals surface area contributed by atoms with Gasteiger partial charge in [-0.1, -0.05) is 0 Å². The zero-order valence-corrected chi connectivity index (χ0v) is 12.1. The molecular weight excluding hydrogens is 271 g/mol. The minimum atomic E-state index is -0.650. The minimum Gasteiger partial charge on any atom is -0.482 e. The summed E-state index contributed by atoms with van der Waals surface area (Å²) < 4.78 is 20.8. The van der Waals surface area contributed by atoms with Gasteiger partial charge in [-0.2, -0.15) is 5.26 Å². The monoisotopic (exact) mass is 286 g/mol. The van der Waals surface area contributed by atoms with Crippen LogP contribution in [0.1, 0.15) is 27.3 Å². The number of hydrogen-bond donors (Lipinski definition) is 0. The molecule has 0 radical (unpaired) electrons. The van der Waals surface area contributed by atoms with Crippen LogP contribution in [0.3, 0.4) is 0 Å². The molecule has 0 spiro atoms. The Kier molecular flexibility index (Phi) is 4.08. The number of nitrogens with zero attached hydrogens (tertiary/aromatic N) is 2. The zero-order valence-electron chi connectivity index (χ0n) is 12.1. The summed E-state index contributed by atoms with van der Waals surface area (Å²) in [5.41, 5.74) is 2.60. The van der Waals surface area contributed by atoms with Crippen molar-refractivity contribution in [3.05, 3.63) is 52.6 Å². The third-order valence-corrected chi connectivity index (χ3v) is 3.50. The molecule has 0 N–H and O–H groups in total. The summed E-state index contributed by atoms with van der Waals surface area (Å²) in [6.07, 6.45) is 0. The van der Waals surface area contributed by atoms with Gasteiger partial charge in [-0.15, -0.1) is 0 Å². The van der Waals surface area contributed by atoms with E-state index < -0.39 is 5.82 Å². The summed E-state index contributed by atoms with van der Waals surface area (Å²) in [7, 11) is 1.88. The predicted molar refractivity (Wildman–Crippen MR) is 75.8 cm³/mol. The van der Waals surface area contributed by atoms with E-state index in [0.29, 0.717) is 5.56 Å². The van der Waals surface area contributed by atoms with Crippen molar-refractivity contribution in [2.75, 3.05) is 6.61 Å². The van der Waals surface area contributed by atoms with E-state index in [-0.39, 0.29) is 23.7 Å². The summed E-state index contributed by atoms with van der Waals surface area (Å²) in [4.78, 5) is 12.1. The van der Waals surface area contributed by atoms with Crippen molar-refractivity contribution in [3.8, 4) is 11.8 Å². The quantitative estimate of drug-likeness (QED) is 0.812. The summed E-state index contributed by atoms with van der Waals surface area (Å²) >= 11 is 0. The highest BCUT2D eigenvalue weighted by atomic mass is 19.1. The van der Waals surface area contributed by atoms with E-state index in [0.717, 1.165) is 17.5 Å². The number of Topliss-reactive ketones (excluding diaryl/α,β-unsaturated/α-hetero) is 1. The van der Waals surface area contributed by atoms with Crippen LogP contribution in [0.25, 0.3) is 0 Å². The summed E-state index contributed by atoms with van der Waals surface area (Å²) in [5, 5.41) is 8.66. The van der Waals surface area contributed by atoms with E-state index >= 15 is 0 Å². The van der Waals surface area contributed by atoms with Gasteiger partial charge in [-0.05, 0) is 38.1 Å². The number of halogens is 1. The number of carbonyl (C=O) groups is 1. The fraction of sp³-hybridized carbons (Fsp3) is 0.250. The molecule has 0 unspecified atom stereocenters. The molecule has 2 rings (SSSR count). The molecule has 4 nitrogen and oxygen atoms in total. The van der Waals surface area contributed by atoms with E-state index in [4.69, 9.17) is 10.00 Å². The molecule has 0 aliphatic rings. The number of aryl methyl sites for hydroxylation is 1. The summed E-state index contributed by atoms with van der Waals surface area (Å²) in [5.74, 6) is -0.893. The van der Waals surface area contributed by atoms with Crippen LogP contribution in [0, 0.1) is 31.0 Å². The van der Waals surface area contributed by atoms with Gasteiger partial charge in [-0.25, -0.2) is 4.39 Å². The Balaban J connectivity index is 2.11. The first kappa shape index (κ1) is 14.8. The number of ketones is 1. The largest absolute Gasteiger partial charge is 0.482 e. The number of rotatable bonds is 4. The maximum absolute atomic E-state index is 13.6. The topological polar surface area (TPSA) is 55.0 Å². The van der Waals surface area contributed by atoms with Gasteiger partial charge in [0.25, 0.3) is 0 Å². The second kappa shape index (κ2) is 5.80. The Bertz CT molecular complexity index is 741. The van der Waals surface area contributed by atoms with Crippen molar-refractivity contribution in [1.29, 1.82) is 5.26 Å². The van der Waals surface area contributed by atoms with Crippen LogP contribution in [-0.4, -0.2) is 17.0 Å². The number of aromatic nitrogens is 1. The first-order valence-corrected chi connectivity index (χ1v) is 6.42. The van der Waals surface area contributed by atoms with Crippen LogP contribution >= 0.6 is 0 Å². The molecule has 0 saturated carbocycles. The second-order valence-electron chi connectivity index (χ2n) is 4.81. The normalized spacial score (nSPS) is 10.2. The number of ether oxygens (including phenoxy) is 1. The van der Waals surface area contributed by atoms with Gasteiger partial charge in [0, 0.05) is 24.0 Å². The number of carbonyl (C=O) groups excluding carboxylic acids is 1. The lowest BCUT2D eigenvalue weighted by atomic mass is 10.1. The second-order valence-corrected chi connectivity index (χ2v) is 4.81. The van der Waals surface area contributed by atoms with Crippen LogP contribution in [0.5, 0.6) is 5.75 Å². The standard InChI is InChI=1S/C16H15FN2O2/c1-10-6-13(11(2)19(10)3)15(20)9-21-16-5-4-12(8-18)7-14(16)17/h4-7H,9H2,1-3H3. The molecule has 0 atom stereocenters. The molecular formula is C16H15FN2O2. The molecule has 0 bridgehead atoms. The van der Waals surface area contributed by atoms with Crippen LogP contribution in [-0.2, 0) is 7.05 Å². The molecule has 1 heterocycles. The van der Waals surface area contributed by atoms with Crippen molar-refractivity contribution in [1.82, 2.24) is 4.57 Å². The Morgan fingerprint density at radius 1 is 1.38 bits per heavy atom. The first-order valence-electron chi connectivity index (χ1n) is 6.42. The maximum atomic E-state index is 13.6. The predicted octanol–water partition coefficient (Wildman–Crippen LogP) is 2.91. The van der Waals surface area contributed by atoms with Gasteiger partial charge in [0.2, 0.25) is 5.78 Å². The first-order chi connectivity index (χ1) is 9.93. The van der Waals surface area contributed by atoms with Crippen LogP contribution < -0.4 is 4.74 Å². The number of benzene rings is 1. The van der Waals surface area contributed by atoms with Crippen molar-refractivity contribution in [2.45, 2.75) is 13.8 Å². The third kappa shape index (κ3) is 2.95. The molecule has 0 aliphatic heterocycles. The molecule has 1 aromatic carbocycles. The van der Waals surface area contributed by atoms with E-state index in [1.807, 2.05) is 31.5 Å². The third-order valence-electron chi connectivity index (χ3n) is 3.50. The van der Waals surface area contributed by atoms with Gasteiger partial charge in [0.1, 0.15) is 0 Å². The van der Waals surface area contributed by atoms with Gasteiger partial charge in [0.15, 0.2) is 18.2 Å². The molecule has 2 aromatic rings. The number of nitriles is 1. The van der Waals surface area contributed by atoms with Gasteiger partial charge < -0.3 is 9.30 Å². The summed E-state index contributed by atoms with van der Waals surface area (Å²) in [6, 6.07) is 7.50.